The lowest BCUT2D eigenvalue weighted by atomic mass is 9.75. The summed E-state index contributed by atoms with van der Waals surface area (Å²) in [5.41, 5.74) is 0.105. The third-order valence-electron chi connectivity index (χ3n) is 8.16. The maximum Gasteiger partial charge on any atom is 0.418 e. The smallest absolute Gasteiger partial charge is 0.369 e. The quantitative estimate of drug-likeness (QED) is 0.240. The molecule has 0 spiro atoms. The summed E-state index contributed by atoms with van der Waals surface area (Å²) in [5.74, 6) is -0.210. The topological polar surface area (TPSA) is 58.4 Å². The average molecular weight is 627 g/mol. The Bertz CT molecular complexity index is 1770. The van der Waals surface area contributed by atoms with Gasteiger partial charge in [-0.05, 0) is 55.3 Å². The number of fused-ring (bicyclic) bond motifs is 1. The highest BCUT2D eigenvalue weighted by atomic mass is 35.5. The molecule has 2 aromatic carbocycles. The number of halogens is 4. The van der Waals surface area contributed by atoms with Gasteiger partial charge < -0.3 is 9.80 Å². The number of hydrogen-bond acceptors (Lipinski definition) is 6. The van der Waals surface area contributed by atoms with E-state index in [0.29, 0.717) is 40.2 Å². The third-order valence-corrected chi connectivity index (χ3v) is 9.29. The number of anilines is 1. The van der Waals surface area contributed by atoms with Gasteiger partial charge in [0.1, 0.15) is 5.01 Å². The monoisotopic (exact) mass is 626 g/mol. The van der Waals surface area contributed by atoms with Crippen molar-refractivity contribution in [3.8, 4) is 27.5 Å². The van der Waals surface area contributed by atoms with Crippen LogP contribution in [0.5, 0.6) is 0 Å². The van der Waals surface area contributed by atoms with Crippen LogP contribution in [0.15, 0.2) is 58.7 Å². The second-order valence-corrected chi connectivity index (χ2v) is 13.3. The summed E-state index contributed by atoms with van der Waals surface area (Å²) < 4.78 is 45.4. The minimum Gasteiger partial charge on any atom is -0.369 e. The molecule has 1 aliphatic heterocycles. The number of piperazine rings is 1. The van der Waals surface area contributed by atoms with E-state index in [0.717, 1.165) is 29.3 Å². The highest BCUT2D eigenvalue weighted by molar-refractivity contribution is 7.13. The fourth-order valence-corrected chi connectivity index (χ4v) is 6.84. The van der Waals surface area contributed by atoms with Gasteiger partial charge in [0, 0.05) is 65.5 Å². The molecular weight excluding hydrogens is 597 g/mol. The van der Waals surface area contributed by atoms with E-state index in [1.54, 1.807) is 35.7 Å². The number of ketones is 1. The number of Topliss-reactive ketones (excluding diaryl/α,β-unsaturated/α-hetero) is 1. The standard InChI is InChI=1S/C32H30ClF3N4O2S/c1-31(2)16-27-22(28(41)17-31)15-23(29-37-25(18-43-29)19-4-6-20(33)7-5-19)30(42)40(27)26-9-8-21(14-24(26)32(34,35)36)39-12-10-38(3)11-13-39/h4-9,14-15,18H,10-13,16-17H2,1-3H3. The van der Waals surface area contributed by atoms with Gasteiger partial charge in [-0.3, -0.25) is 14.2 Å². The van der Waals surface area contributed by atoms with Crippen LogP contribution in [0, 0.1) is 5.41 Å². The van der Waals surface area contributed by atoms with Crippen LogP contribution < -0.4 is 10.5 Å². The van der Waals surface area contributed by atoms with Gasteiger partial charge in [0.15, 0.2) is 5.78 Å². The molecule has 6 rings (SSSR count). The second-order valence-electron chi connectivity index (χ2n) is 12.0. The Hall–Kier alpha value is -3.47. The fraction of sp³-hybridized carbons (Fsp3) is 0.344. The molecule has 0 unspecified atom stereocenters. The van der Waals surface area contributed by atoms with E-state index < -0.39 is 22.7 Å². The van der Waals surface area contributed by atoms with Crippen molar-refractivity contribution in [1.29, 1.82) is 0 Å². The Balaban J connectivity index is 1.55. The molecule has 6 nitrogen and oxygen atoms in total. The molecule has 0 atom stereocenters. The summed E-state index contributed by atoms with van der Waals surface area (Å²) in [5, 5.41) is 2.67. The first-order valence-corrected chi connectivity index (χ1v) is 15.3. The van der Waals surface area contributed by atoms with Crippen molar-refractivity contribution in [3.63, 3.8) is 0 Å². The molecule has 1 fully saturated rings. The predicted molar refractivity (Wildman–Crippen MR) is 165 cm³/mol. The number of alkyl halides is 3. The number of pyridine rings is 1. The highest BCUT2D eigenvalue weighted by Crippen LogP contribution is 2.41. The number of likely N-dealkylation sites (N-methyl/N-ethyl adjacent to an activating group) is 1. The van der Waals surface area contributed by atoms with Gasteiger partial charge in [0.2, 0.25) is 0 Å². The SMILES string of the molecule is CN1CCN(c2ccc(-n3c4c(cc(-c5nc(-c6ccc(Cl)cc6)cs5)c3=O)C(=O)CC(C)(C)C4)c(C(F)(F)F)c2)CC1. The number of benzene rings is 2. The van der Waals surface area contributed by atoms with E-state index in [1.807, 2.05) is 25.8 Å². The van der Waals surface area contributed by atoms with Gasteiger partial charge in [-0.25, -0.2) is 4.98 Å². The number of carbonyl (C=O) groups is 1. The van der Waals surface area contributed by atoms with Crippen LogP contribution in [0.25, 0.3) is 27.5 Å². The Labute approximate surface area is 256 Å². The van der Waals surface area contributed by atoms with Crippen molar-refractivity contribution < 1.29 is 18.0 Å². The maximum absolute atomic E-state index is 14.7. The first-order chi connectivity index (χ1) is 20.3. The average Bonchev–Trinajstić information content (AvgIpc) is 3.42. The second kappa shape index (κ2) is 10.9. The zero-order valence-electron chi connectivity index (χ0n) is 24.0. The summed E-state index contributed by atoms with van der Waals surface area (Å²) >= 11 is 7.22. The van der Waals surface area contributed by atoms with Crippen molar-refractivity contribution in [3.05, 3.63) is 86.1 Å². The van der Waals surface area contributed by atoms with Gasteiger partial charge >= 0.3 is 6.18 Å². The zero-order chi connectivity index (χ0) is 30.7. The molecule has 3 heterocycles. The van der Waals surface area contributed by atoms with Crippen LogP contribution in [0.2, 0.25) is 5.02 Å². The Kier molecular flexibility index (Phi) is 7.51. The van der Waals surface area contributed by atoms with Crippen molar-refractivity contribution in [2.24, 2.45) is 5.41 Å². The molecule has 11 heteroatoms. The van der Waals surface area contributed by atoms with E-state index in [2.05, 4.69) is 9.88 Å². The van der Waals surface area contributed by atoms with E-state index in [-0.39, 0.29) is 35.4 Å². The summed E-state index contributed by atoms with van der Waals surface area (Å²) in [7, 11) is 1.98. The lowest BCUT2D eigenvalue weighted by molar-refractivity contribution is -0.137. The van der Waals surface area contributed by atoms with Crippen LogP contribution in [0.1, 0.15) is 41.9 Å². The van der Waals surface area contributed by atoms with Gasteiger partial charge in [0.05, 0.1) is 22.5 Å². The maximum atomic E-state index is 14.7. The minimum atomic E-state index is -4.74. The molecular formula is C32H30ClF3N4O2S. The van der Waals surface area contributed by atoms with Crippen molar-refractivity contribution in [1.82, 2.24) is 14.5 Å². The molecule has 0 bridgehead atoms. The van der Waals surface area contributed by atoms with Crippen molar-refractivity contribution >= 4 is 34.4 Å². The number of aromatic nitrogens is 2. The van der Waals surface area contributed by atoms with E-state index in [1.165, 1.54) is 23.5 Å². The molecule has 0 radical (unpaired) electrons. The first-order valence-electron chi connectivity index (χ1n) is 14.0. The molecule has 4 aromatic rings. The van der Waals surface area contributed by atoms with E-state index >= 15 is 0 Å². The number of thiazole rings is 1. The first kappa shape index (κ1) is 29.6. The lowest BCUT2D eigenvalue weighted by Gasteiger charge is -2.35. The van der Waals surface area contributed by atoms with Gasteiger partial charge in [-0.2, -0.15) is 13.2 Å². The Morgan fingerprint density at radius 1 is 0.930 bits per heavy atom. The molecule has 2 aliphatic rings. The lowest BCUT2D eigenvalue weighted by Crippen LogP contribution is -2.44. The highest BCUT2D eigenvalue weighted by Gasteiger charge is 2.39. The molecule has 2 aromatic heterocycles. The van der Waals surface area contributed by atoms with Crippen molar-refractivity contribution in [2.45, 2.75) is 32.9 Å². The number of hydrogen-bond donors (Lipinski definition) is 0. The largest absolute Gasteiger partial charge is 0.418 e. The molecule has 1 saturated heterocycles. The molecule has 0 amide bonds. The van der Waals surface area contributed by atoms with E-state index in [9.17, 15) is 22.8 Å². The third kappa shape index (κ3) is 5.75. The predicted octanol–water partition coefficient (Wildman–Crippen LogP) is 7.21. The Morgan fingerprint density at radius 3 is 2.30 bits per heavy atom. The van der Waals surface area contributed by atoms with Crippen LogP contribution in [0.4, 0.5) is 18.9 Å². The zero-order valence-corrected chi connectivity index (χ0v) is 25.5. The van der Waals surface area contributed by atoms with Gasteiger partial charge in [0.25, 0.3) is 5.56 Å². The van der Waals surface area contributed by atoms with Crippen LogP contribution in [-0.4, -0.2) is 53.5 Å². The minimum absolute atomic E-state index is 0.0910. The van der Waals surface area contributed by atoms with E-state index in [4.69, 9.17) is 11.6 Å². The van der Waals surface area contributed by atoms with Crippen LogP contribution >= 0.6 is 22.9 Å². The summed E-state index contributed by atoms with van der Waals surface area (Å²) in [6.07, 6.45) is -4.24. The molecule has 43 heavy (non-hydrogen) atoms. The molecule has 0 saturated carbocycles. The van der Waals surface area contributed by atoms with Gasteiger partial charge in [-0.15, -0.1) is 11.3 Å². The normalized spacial score (nSPS) is 17.3. The Morgan fingerprint density at radius 2 is 1.63 bits per heavy atom. The van der Waals surface area contributed by atoms with Crippen LogP contribution in [0.3, 0.4) is 0 Å². The van der Waals surface area contributed by atoms with Gasteiger partial charge in [-0.1, -0.05) is 37.6 Å². The number of carbonyl (C=O) groups excluding carboxylic acids is 1. The molecule has 224 valence electrons. The molecule has 1 aliphatic carbocycles. The number of nitrogens with zero attached hydrogens (tertiary/aromatic N) is 4. The van der Waals surface area contributed by atoms with Crippen molar-refractivity contribution in [2.75, 3.05) is 38.1 Å². The number of rotatable bonds is 4. The molecule has 0 N–H and O–H groups in total. The summed E-state index contributed by atoms with van der Waals surface area (Å²) in [4.78, 5) is 36.4. The summed E-state index contributed by atoms with van der Waals surface area (Å²) in [6, 6.07) is 12.7. The fourth-order valence-electron chi connectivity index (χ4n) is 5.88. The van der Waals surface area contributed by atoms with Crippen LogP contribution in [-0.2, 0) is 12.6 Å². The summed E-state index contributed by atoms with van der Waals surface area (Å²) in [6.45, 7) is 6.44.